The van der Waals surface area contributed by atoms with Gasteiger partial charge in [0.05, 0.1) is 11.1 Å². The Morgan fingerprint density at radius 1 is 1.35 bits per heavy atom. The third-order valence-electron chi connectivity index (χ3n) is 2.71. The molecule has 1 aromatic carbocycles. The molecule has 0 aliphatic rings. The van der Waals surface area contributed by atoms with Gasteiger partial charge in [-0.1, -0.05) is 28.4 Å². The maximum atomic E-state index is 13.5. The van der Waals surface area contributed by atoms with E-state index in [1.54, 1.807) is 13.8 Å². The highest BCUT2D eigenvalue weighted by molar-refractivity contribution is 6.35. The summed E-state index contributed by atoms with van der Waals surface area (Å²) in [6.45, 7) is 3.36. The van der Waals surface area contributed by atoms with Crippen LogP contribution in [0.2, 0.25) is 10.0 Å². The van der Waals surface area contributed by atoms with Crippen LogP contribution in [0.25, 0.3) is 0 Å². The average Bonchev–Trinajstić information content (AvgIpc) is 2.80. The van der Waals surface area contributed by atoms with E-state index in [-0.39, 0.29) is 15.7 Å². The molecule has 0 spiro atoms. The molecule has 0 bridgehead atoms. The van der Waals surface area contributed by atoms with Gasteiger partial charge in [-0.05, 0) is 31.5 Å². The molecule has 1 heterocycles. The monoisotopic (exact) mass is 316 g/mol. The van der Waals surface area contributed by atoms with Gasteiger partial charge in [0.2, 0.25) is 0 Å². The number of rotatable bonds is 3. The third-order valence-corrected chi connectivity index (χ3v) is 3.33. The Hall–Kier alpha value is -1.59. The van der Waals surface area contributed by atoms with E-state index in [0.717, 1.165) is 0 Å². The van der Waals surface area contributed by atoms with Crippen molar-refractivity contribution in [3.8, 4) is 0 Å². The Bertz CT molecular complexity index is 658. The van der Waals surface area contributed by atoms with Crippen LogP contribution < -0.4 is 5.32 Å². The number of nitrogens with one attached hydrogen (secondary N) is 1. The molecule has 0 radical (unpaired) electrons. The summed E-state index contributed by atoms with van der Waals surface area (Å²) in [5, 5.41) is 6.47. The molecule has 20 heavy (non-hydrogen) atoms. The fourth-order valence-corrected chi connectivity index (χ4v) is 2.24. The predicted octanol–water partition coefficient (Wildman–Crippen LogP) is 3.92. The fraction of sp³-hybridized carbons (Fsp3) is 0.231. The van der Waals surface area contributed by atoms with E-state index in [9.17, 15) is 9.18 Å². The van der Waals surface area contributed by atoms with E-state index in [4.69, 9.17) is 27.7 Å². The van der Waals surface area contributed by atoms with Crippen LogP contribution in [0.1, 0.15) is 34.8 Å². The lowest BCUT2D eigenvalue weighted by Crippen LogP contribution is -2.27. The number of hydrogen-bond donors (Lipinski definition) is 1. The normalized spacial score (nSPS) is 12.2. The van der Waals surface area contributed by atoms with E-state index in [2.05, 4.69) is 10.5 Å². The Kier molecular flexibility index (Phi) is 4.30. The van der Waals surface area contributed by atoms with Gasteiger partial charge in [0.25, 0.3) is 5.91 Å². The van der Waals surface area contributed by atoms with Crippen LogP contribution in [-0.4, -0.2) is 11.1 Å². The Labute approximate surface area is 124 Å². The van der Waals surface area contributed by atoms with Crippen LogP contribution in [0, 0.1) is 12.7 Å². The first kappa shape index (κ1) is 14.8. The summed E-state index contributed by atoms with van der Waals surface area (Å²) in [6, 6.07) is 3.51. The highest BCUT2D eigenvalue weighted by Gasteiger charge is 2.18. The largest absolute Gasteiger partial charge is 0.361 e. The van der Waals surface area contributed by atoms with Gasteiger partial charge in [-0.25, -0.2) is 4.39 Å². The molecule has 1 aromatic heterocycles. The van der Waals surface area contributed by atoms with Crippen LogP contribution in [0.15, 0.2) is 22.7 Å². The van der Waals surface area contributed by atoms with E-state index in [1.165, 1.54) is 18.2 Å². The van der Waals surface area contributed by atoms with Crippen molar-refractivity contribution >= 4 is 29.1 Å². The van der Waals surface area contributed by atoms with Crippen LogP contribution in [0.5, 0.6) is 0 Å². The lowest BCUT2D eigenvalue weighted by Gasteiger charge is -2.15. The minimum atomic E-state index is -0.593. The maximum Gasteiger partial charge on any atom is 0.273 e. The number of aromatic nitrogens is 1. The lowest BCUT2D eigenvalue weighted by molar-refractivity contribution is 0.0930. The first-order valence-electron chi connectivity index (χ1n) is 5.77. The molecule has 7 heteroatoms. The maximum absolute atomic E-state index is 13.5. The molecule has 2 aromatic rings. The zero-order valence-electron chi connectivity index (χ0n) is 10.7. The van der Waals surface area contributed by atoms with Crippen molar-refractivity contribution in [2.75, 3.05) is 0 Å². The van der Waals surface area contributed by atoms with Gasteiger partial charge in [-0.2, -0.15) is 0 Å². The van der Waals surface area contributed by atoms with Gasteiger partial charge < -0.3 is 9.84 Å². The van der Waals surface area contributed by atoms with Crippen LogP contribution in [0.4, 0.5) is 4.39 Å². The smallest absolute Gasteiger partial charge is 0.273 e. The topological polar surface area (TPSA) is 55.1 Å². The summed E-state index contributed by atoms with van der Waals surface area (Å²) in [5.41, 5.74) is 0.585. The van der Waals surface area contributed by atoms with E-state index < -0.39 is 17.8 Å². The molecule has 0 unspecified atom stereocenters. The summed E-state index contributed by atoms with van der Waals surface area (Å²) in [6.07, 6.45) is 0. The van der Waals surface area contributed by atoms with E-state index in [0.29, 0.717) is 11.3 Å². The molecule has 0 saturated carbocycles. The van der Waals surface area contributed by atoms with Crippen molar-refractivity contribution in [3.05, 3.63) is 51.1 Å². The van der Waals surface area contributed by atoms with Gasteiger partial charge >= 0.3 is 0 Å². The van der Waals surface area contributed by atoms with Gasteiger partial charge in [0.15, 0.2) is 5.69 Å². The van der Waals surface area contributed by atoms with E-state index >= 15 is 0 Å². The molecule has 4 nitrogen and oxygen atoms in total. The van der Waals surface area contributed by atoms with Crippen molar-refractivity contribution in [1.82, 2.24) is 10.5 Å². The van der Waals surface area contributed by atoms with Gasteiger partial charge in [0.1, 0.15) is 11.6 Å². The van der Waals surface area contributed by atoms with Crippen LogP contribution in [-0.2, 0) is 0 Å². The van der Waals surface area contributed by atoms with Crippen molar-refractivity contribution in [3.63, 3.8) is 0 Å². The Morgan fingerprint density at radius 3 is 2.65 bits per heavy atom. The predicted molar refractivity (Wildman–Crippen MR) is 73.5 cm³/mol. The minimum Gasteiger partial charge on any atom is -0.361 e. The second-order valence-electron chi connectivity index (χ2n) is 4.31. The van der Waals surface area contributed by atoms with Crippen molar-refractivity contribution < 1.29 is 13.7 Å². The van der Waals surface area contributed by atoms with Gasteiger partial charge in [-0.15, -0.1) is 0 Å². The third kappa shape index (κ3) is 3.11. The highest BCUT2D eigenvalue weighted by atomic mass is 35.5. The van der Waals surface area contributed by atoms with Crippen molar-refractivity contribution in [2.24, 2.45) is 0 Å². The first-order valence-corrected chi connectivity index (χ1v) is 6.52. The molecule has 0 fully saturated rings. The first-order chi connectivity index (χ1) is 9.38. The number of carbonyl (C=O) groups is 1. The summed E-state index contributed by atoms with van der Waals surface area (Å²) >= 11 is 11.6. The molecule has 1 N–H and O–H groups in total. The standard InChI is InChI=1S/C13H11Cl2FN2O2/c1-6-3-12(18-20-6)13(19)17-7(2)8-4-11(16)10(15)5-9(8)14/h3-5,7H,1-2H3,(H,17,19)/t7-/m1/s1. The molecule has 1 atom stereocenters. The van der Waals surface area contributed by atoms with Crippen molar-refractivity contribution in [1.29, 1.82) is 0 Å². The molecule has 1 amide bonds. The highest BCUT2D eigenvalue weighted by Crippen LogP contribution is 2.28. The number of aryl methyl sites for hydroxylation is 1. The minimum absolute atomic E-state index is 0.0654. The van der Waals surface area contributed by atoms with Crippen LogP contribution >= 0.6 is 23.2 Å². The molecule has 0 saturated heterocycles. The van der Waals surface area contributed by atoms with Crippen LogP contribution in [0.3, 0.4) is 0 Å². The number of amides is 1. The average molecular weight is 317 g/mol. The summed E-state index contributed by atoms with van der Waals surface area (Å²) in [4.78, 5) is 11.9. The number of halogens is 3. The number of carbonyl (C=O) groups excluding carboxylic acids is 1. The number of nitrogens with zero attached hydrogens (tertiary/aromatic N) is 1. The molecular formula is C13H11Cl2FN2O2. The Balaban J connectivity index is 2.18. The second kappa shape index (κ2) is 5.81. The molecular weight excluding hydrogens is 306 g/mol. The molecule has 2 rings (SSSR count). The zero-order chi connectivity index (χ0) is 14.9. The fourth-order valence-electron chi connectivity index (χ4n) is 1.69. The Morgan fingerprint density at radius 2 is 2.05 bits per heavy atom. The van der Waals surface area contributed by atoms with Crippen molar-refractivity contribution in [2.45, 2.75) is 19.9 Å². The molecule has 0 aliphatic heterocycles. The second-order valence-corrected chi connectivity index (χ2v) is 5.12. The number of benzene rings is 1. The van der Waals surface area contributed by atoms with Gasteiger partial charge in [-0.3, -0.25) is 4.79 Å². The SMILES string of the molecule is Cc1cc(C(=O)N[C@H](C)c2cc(F)c(Cl)cc2Cl)no1. The van der Waals surface area contributed by atoms with Gasteiger partial charge in [0, 0.05) is 11.1 Å². The quantitative estimate of drug-likeness (QED) is 0.873. The van der Waals surface area contributed by atoms with E-state index in [1.807, 2.05) is 0 Å². The lowest BCUT2D eigenvalue weighted by atomic mass is 10.1. The summed E-state index contributed by atoms with van der Waals surface area (Å²) in [5.74, 6) is -0.497. The molecule has 0 aliphatic carbocycles. The summed E-state index contributed by atoms with van der Waals surface area (Å²) in [7, 11) is 0. The molecule has 106 valence electrons. The number of hydrogen-bond acceptors (Lipinski definition) is 3. The zero-order valence-corrected chi connectivity index (χ0v) is 12.2. The summed E-state index contributed by atoms with van der Waals surface area (Å²) < 4.78 is 18.3.